The first kappa shape index (κ1) is 13.3. The summed E-state index contributed by atoms with van der Waals surface area (Å²) in [5.74, 6) is 1.65. The molecule has 0 bridgehead atoms. The Morgan fingerprint density at radius 1 is 1.24 bits per heavy atom. The van der Waals surface area contributed by atoms with Crippen LogP contribution in [0.2, 0.25) is 0 Å². The van der Waals surface area contributed by atoms with E-state index in [2.05, 4.69) is 25.7 Å². The maximum absolute atomic E-state index is 5.98. The summed E-state index contributed by atoms with van der Waals surface area (Å²) in [6.45, 7) is 9.84. The van der Waals surface area contributed by atoms with Gasteiger partial charge in [0.1, 0.15) is 0 Å². The van der Waals surface area contributed by atoms with E-state index >= 15 is 0 Å². The van der Waals surface area contributed by atoms with Gasteiger partial charge >= 0.3 is 0 Å². The van der Waals surface area contributed by atoms with Gasteiger partial charge in [-0.3, -0.25) is 4.90 Å². The summed E-state index contributed by atoms with van der Waals surface area (Å²) in [5, 5.41) is 0. The van der Waals surface area contributed by atoms with Crippen LogP contribution in [-0.4, -0.2) is 42.8 Å². The Morgan fingerprint density at radius 2 is 1.88 bits per heavy atom. The average molecular weight is 240 g/mol. The lowest BCUT2D eigenvalue weighted by Gasteiger charge is -2.46. The second-order valence-corrected chi connectivity index (χ2v) is 6.14. The van der Waals surface area contributed by atoms with Crippen LogP contribution in [0.4, 0.5) is 0 Å². The highest BCUT2D eigenvalue weighted by Gasteiger charge is 2.35. The van der Waals surface area contributed by atoms with Crippen molar-refractivity contribution in [3.8, 4) is 0 Å². The Hall–Kier alpha value is -0.120. The molecule has 17 heavy (non-hydrogen) atoms. The molecule has 0 spiro atoms. The van der Waals surface area contributed by atoms with E-state index in [1.165, 1.54) is 19.3 Å². The SMILES string of the molecule is CC(N)C1CN(C2C(C)CCCC2C)CCO1. The minimum atomic E-state index is 0.145. The van der Waals surface area contributed by atoms with Crippen molar-refractivity contribution in [2.75, 3.05) is 19.7 Å². The fourth-order valence-corrected chi connectivity index (χ4v) is 3.67. The summed E-state index contributed by atoms with van der Waals surface area (Å²) in [5.41, 5.74) is 5.98. The first-order valence-corrected chi connectivity index (χ1v) is 7.21. The molecule has 0 aromatic heterocycles. The van der Waals surface area contributed by atoms with Crippen LogP contribution in [0.1, 0.15) is 40.0 Å². The fourth-order valence-electron chi connectivity index (χ4n) is 3.67. The van der Waals surface area contributed by atoms with Crippen LogP contribution in [-0.2, 0) is 4.74 Å². The molecule has 0 radical (unpaired) electrons. The highest BCUT2D eigenvalue weighted by atomic mass is 16.5. The Balaban J connectivity index is 2.00. The second-order valence-electron chi connectivity index (χ2n) is 6.14. The van der Waals surface area contributed by atoms with Crippen molar-refractivity contribution in [1.82, 2.24) is 4.90 Å². The van der Waals surface area contributed by atoms with Crippen LogP contribution in [0.15, 0.2) is 0 Å². The number of nitrogens with two attached hydrogens (primary N) is 1. The van der Waals surface area contributed by atoms with Gasteiger partial charge in [-0.15, -0.1) is 0 Å². The third-order valence-electron chi connectivity index (χ3n) is 4.62. The van der Waals surface area contributed by atoms with Crippen molar-refractivity contribution in [3.63, 3.8) is 0 Å². The summed E-state index contributed by atoms with van der Waals surface area (Å²) >= 11 is 0. The van der Waals surface area contributed by atoms with Gasteiger partial charge in [0.15, 0.2) is 0 Å². The Morgan fingerprint density at radius 3 is 2.47 bits per heavy atom. The minimum Gasteiger partial charge on any atom is -0.374 e. The van der Waals surface area contributed by atoms with Gasteiger partial charge in [0.2, 0.25) is 0 Å². The summed E-state index contributed by atoms with van der Waals surface area (Å²) in [6.07, 6.45) is 4.40. The van der Waals surface area contributed by atoms with Crippen LogP contribution in [0.3, 0.4) is 0 Å². The Labute approximate surface area is 106 Å². The molecule has 2 N–H and O–H groups in total. The van der Waals surface area contributed by atoms with Crippen molar-refractivity contribution in [3.05, 3.63) is 0 Å². The average Bonchev–Trinajstić information content (AvgIpc) is 2.29. The molecule has 3 nitrogen and oxygen atoms in total. The Kier molecular flexibility index (Phi) is 4.45. The molecule has 100 valence electrons. The van der Waals surface area contributed by atoms with Gasteiger partial charge in [-0.2, -0.15) is 0 Å². The molecule has 3 heteroatoms. The smallest absolute Gasteiger partial charge is 0.0850 e. The predicted octanol–water partition coefficient (Wildman–Crippen LogP) is 1.86. The molecule has 1 heterocycles. The third kappa shape index (κ3) is 3.01. The van der Waals surface area contributed by atoms with Crippen LogP contribution in [0.25, 0.3) is 0 Å². The standard InChI is InChI=1S/C14H28N2O/c1-10-5-4-6-11(2)14(10)16-7-8-17-13(9-16)12(3)15/h10-14H,4-9,15H2,1-3H3. The molecule has 4 atom stereocenters. The minimum absolute atomic E-state index is 0.145. The van der Waals surface area contributed by atoms with E-state index in [1.54, 1.807) is 0 Å². The van der Waals surface area contributed by atoms with E-state index in [1.807, 2.05) is 0 Å². The summed E-state index contributed by atoms with van der Waals surface area (Å²) in [6, 6.07) is 0.890. The summed E-state index contributed by atoms with van der Waals surface area (Å²) < 4.78 is 5.76. The molecule has 0 aromatic carbocycles. The molecular formula is C14H28N2O. The van der Waals surface area contributed by atoms with Crippen molar-refractivity contribution in [2.24, 2.45) is 17.6 Å². The van der Waals surface area contributed by atoms with Crippen LogP contribution < -0.4 is 5.73 Å². The molecule has 1 saturated heterocycles. The molecule has 1 saturated carbocycles. The van der Waals surface area contributed by atoms with Gasteiger partial charge in [-0.05, 0) is 31.6 Å². The summed E-state index contributed by atoms with van der Waals surface area (Å²) in [4.78, 5) is 2.64. The normalized spacial score (nSPS) is 42.4. The molecule has 1 aliphatic heterocycles. The maximum Gasteiger partial charge on any atom is 0.0850 e. The quantitative estimate of drug-likeness (QED) is 0.800. The maximum atomic E-state index is 5.98. The van der Waals surface area contributed by atoms with Crippen LogP contribution in [0.5, 0.6) is 0 Å². The van der Waals surface area contributed by atoms with Gasteiger partial charge in [-0.25, -0.2) is 0 Å². The molecule has 4 unspecified atom stereocenters. The van der Waals surface area contributed by atoms with E-state index in [0.29, 0.717) is 0 Å². The molecule has 2 rings (SSSR count). The van der Waals surface area contributed by atoms with E-state index in [4.69, 9.17) is 10.5 Å². The number of nitrogens with zero attached hydrogens (tertiary/aromatic N) is 1. The van der Waals surface area contributed by atoms with Gasteiger partial charge in [0.05, 0.1) is 12.7 Å². The van der Waals surface area contributed by atoms with Gasteiger partial charge in [0, 0.05) is 25.2 Å². The van der Waals surface area contributed by atoms with Crippen molar-refractivity contribution in [2.45, 2.75) is 58.2 Å². The predicted molar refractivity (Wildman–Crippen MR) is 70.9 cm³/mol. The number of hydrogen-bond donors (Lipinski definition) is 1. The number of ether oxygens (including phenoxy) is 1. The zero-order valence-corrected chi connectivity index (χ0v) is 11.6. The summed E-state index contributed by atoms with van der Waals surface area (Å²) in [7, 11) is 0. The highest BCUT2D eigenvalue weighted by Crippen LogP contribution is 2.33. The molecule has 1 aliphatic carbocycles. The van der Waals surface area contributed by atoms with E-state index in [0.717, 1.165) is 37.6 Å². The topological polar surface area (TPSA) is 38.5 Å². The Bertz CT molecular complexity index is 234. The van der Waals surface area contributed by atoms with Crippen LogP contribution in [0, 0.1) is 11.8 Å². The zero-order chi connectivity index (χ0) is 12.4. The van der Waals surface area contributed by atoms with E-state index < -0.39 is 0 Å². The van der Waals surface area contributed by atoms with E-state index in [-0.39, 0.29) is 12.1 Å². The molecular weight excluding hydrogens is 212 g/mol. The van der Waals surface area contributed by atoms with E-state index in [9.17, 15) is 0 Å². The molecule has 2 aliphatic rings. The first-order valence-electron chi connectivity index (χ1n) is 7.21. The number of rotatable bonds is 2. The lowest BCUT2D eigenvalue weighted by Crippen LogP contribution is -2.56. The lowest BCUT2D eigenvalue weighted by atomic mass is 9.77. The first-order chi connectivity index (χ1) is 8.09. The molecule has 0 aromatic rings. The highest BCUT2D eigenvalue weighted by molar-refractivity contribution is 4.89. The van der Waals surface area contributed by atoms with Crippen molar-refractivity contribution < 1.29 is 4.74 Å². The zero-order valence-electron chi connectivity index (χ0n) is 11.6. The second kappa shape index (κ2) is 5.68. The number of morpholine rings is 1. The number of hydrogen-bond acceptors (Lipinski definition) is 3. The van der Waals surface area contributed by atoms with Crippen molar-refractivity contribution >= 4 is 0 Å². The van der Waals surface area contributed by atoms with Gasteiger partial charge < -0.3 is 10.5 Å². The fraction of sp³-hybridized carbons (Fsp3) is 1.00. The van der Waals surface area contributed by atoms with Crippen LogP contribution >= 0.6 is 0 Å². The van der Waals surface area contributed by atoms with Gasteiger partial charge in [0.25, 0.3) is 0 Å². The molecule has 0 amide bonds. The largest absolute Gasteiger partial charge is 0.374 e. The monoisotopic (exact) mass is 240 g/mol. The lowest BCUT2D eigenvalue weighted by molar-refractivity contribution is -0.0730. The third-order valence-corrected chi connectivity index (χ3v) is 4.62. The van der Waals surface area contributed by atoms with Crippen molar-refractivity contribution in [1.29, 1.82) is 0 Å². The van der Waals surface area contributed by atoms with Gasteiger partial charge in [-0.1, -0.05) is 20.3 Å². The molecule has 2 fully saturated rings.